The average molecular weight is 583 g/mol. The predicted molar refractivity (Wildman–Crippen MR) is 154 cm³/mol. The van der Waals surface area contributed by atoms with Crippen molar-refractivity contribution in [3.63, 3.8) is 0 Å². The highest BCUT2D eigenvalue weighted by atomic mass is 32.2. The van der Waals surface area contributed by atoms with Gasteiger partial charge in [-0.05, 0) is 52.7 Å². The summed E-state index contributed by atoms with van der Waals surface area (Å²) < 4.78 is 40.6. The quantitative estimate of drug-likeness (QED) is 0.303. The van der Waals surface area contributed by atoms with E-state index >= 15 is 0 Å². The standard InChI is InChI=1S/C29H34N4O7S/c1-18-27(34)28(35)26(40-29(18)36)17-31-41(37,38)24(16-30)15-22-7-8-25(32(22)2)21-4-3-20-14-23(6-5-19(20)13-21)33-9-11-39-12-10-33/h3-8,13-15,18,26-29,31,34-36H,9-12,17H2,1-2H3/b24-15+/t18-,26-,27-,28-,29?/m1/s1. The maximum Gasteiger partial charge on any atom is 0.250 e. The molecule has 2 aliphatic rings. The van der Waals surface area contributed by atoms with Gasteiger partial charge in [0, 0.05) is 49.7 Å². The number of aromatic nitrogens is 1. The van der Waals surface area contributed by atoms with E-state index in [4.69, 9.17) is 9.47 Å². The molecular formula is C29H34N4O7S. The third-order valence-corrected chi connectivity index (χ3v) is 9.18. The van der Waals surface area contributed by atoms with Gasteiger partial charge in [0.2, 0.25) is 0 Å². The number of nitrogens with zero attached hydrogens (tertiary/aromatic N) is 3. The van der Waals surface area contributed by atoms with Gasteiger partial charge < -0.3 is 34.3 Å². The van der Waals surface area contributed by atoms with Crippen molar-refractivity contribution in [2.24, 2.45) is 13.0 Å². The Bertz CT molecular complexity index is 1590. The smallest absolute Gasteiger partial charge is 0.250 e. The van der Waals surface area contributed by atoms with Crippen molar-refractivity contribution in [1.29, 1.82) is 5.26 Å². The summed E-state index contributed by atoms with van der Waals surface area (Å²) in [5.74, 6) is -0.742. The van der Waals surface area contributed by atoms with Crippen molar-refractivity contribution >= 4 is 32.6 Å². The molecule has 0 spiro atoms. The maximum atomic E-state index is 12.9. The molecule has 2 aromatic carbocycles. The zero-order valence-electron chi connectivity index (χ0n) is 22.8. The summed E-state index contributed by atoms with van der Waals surface area (Å²) in [6.45, 7) is 4.23. The largest absolute Gasteiger partial charge is 0.390 e. The number of ether oxygens (including phenoxy) is 2. The molecule has 4 N–H and O–H groups in total. The van der Waals surface area contributed by atoms with E-state index in [0.717, 1.165) is 54.0 Å². The number of aliphatic hydroxyl groups excluding tert-OH is 3. The van der Waals surface area contributed by atoms with Crippen LogP contribution in [0.4, 0.5) is 5.69 Å². The van der Waals surface area contributed by atoms with Crippen LogP contribution in [-0.2, 0) is 26.5 Å². The first-order valence-corrected chi connectivity index (χ1v) is 14.9. The van der Waals surface area contributed by atoms with Gasteiger partial charge in [-0.15, -0.1) is 0 Å². The third-order valence-electron chi connectivity index (χ3n) is 7.84. The number of hydrogen-bond donors (Lipinski definition) is 4. The maximum absolute atomic E-state index is 12.9. The summed E-state index contributed by atoms with van der Waals surface area (Å²) in [5, 5.41) is 42.1. The van der Waals surface area contributed by atoms with Crippen LogP contribution in [0.2, 0.25) is 0 Å². The number of fused-ring (bicyclic) bond motifs is 1. The Balaban J connectivity index is 1.33. The number of nitrogens with one attached hydrogen (secondary N) is 1. The topological polar surface area (TPSA) is 157 Å². The van der Waals surface area contributed by atoms with Crippen LogP contribution >= 0.6 is 0 Å². The normalized spacial score (nSPS) is 25.8. The highest BCUT2D eigenvalue weighted by molar-refractivity contribution is 7.93. The second-order valence-corrected chi connectivity index (χ2v) is 12.2. The molecule has 218 valence electrons. The van der Waals surface area contributed by atoms with Gasteiger partial charge in [-0.25, -0.2) is 13.1 Å². The number of benzene rings is 2. The first kappa shape index (κ1) is 29.2. The fourth-order valence-corrected chi connectivity index (χ4v) is 6.13. The molecule has 12 heteroatoms. The summed E-state index contributed by atoms with van der Waals surface area (Å²) in [6.07, 6.45) is -3.98. The summed E-state index contributed by atoms with van der Waals surface area (Å²) >= 11 is 0. The van der Waals surface area contributed by atoms with Crippen LogP contribution < -0.4 is 9.62 Å². The Morgan fingerprint density at radius 2 is 1.78 bits per heavy atom. The highest BCUT2D eigenvalue weighted by Crippen LogP contribution is 2.30. The number of allylic oxidation sites excluding steroid dienone is 1. The van der Waals surface area contributed by atoms with Crippen LogP contribution in [0.15, 0.2) is 53.4 Å². The second-order valence-electron chi connectivity index (χ2n) is 10.4. The van der Waals surface area contributed by atoms with E-state index in [2.05, 4.69) is 40.0 Å². The minimum Gasteiger partial charge on any atom is -0.390 e. The zero-order valence-corrected chi connectivity index (χ0v) is 23.7. The molecule has 2 fully saturated rings. The van der Waals surface area contributed by atoms with Crippen molar-refractivity contribution in [3.8, 4) is 17.3 Å². The molecule has 0 aliphatic carbocycles. The number of sulfonamides is 1. The molecule has 0 saturated carbocycles. The van der Waals surface area contributed by atoms with E-state index in [-0.39, 0.29) is 0 Å². The molecule has 5 atom stereocenters. The van der Waals surface area contributed by atoms with Crippen molar-refractivity contribution in [1.82, 2.24) is 9.29 Å². The lowest BCUT2D eigenvalue weighted by Gasteiger charge is -2.39. The first-order valence-electron chi connectivity index (χ1n) is 13.4. The summed E-state index contributed by atoms with van der Waals surface area (Å²) in [5.41, 5.74) is 3.44. The number of rotatable bonds is 7. The van der Waals surface area contributed by atoms with Crippen LogP contribution in [0.1, 0.15) is 12.6 Å². The van der Waals surface area contributed by atoms with E-state index in [1.54, 1.807) is 23.8 Å². The monoisotopic (exact) mass is 582 g/mol. The first-order chi connectivity index (χ1) is 19.6. The van der Waals surface area contributed by atoms with Gasteiger partial charge in [-0.3, -0.25) is 0 Å². The summed E-state index contributed by atoms with van der Waals surface area (Å²) in [7, 11) is -2.50. The molecule has 41 heavy (non-hydrogen) atoms. The molecular weight excluding hydrogens is 548 g/mol. The lowest BCUT2D eigenvalue weighted by atomic mass is 9.92. The summed E-state index contributed by atoms with van der Waals surface area (Å²) in [6, 6.07) is 17.8. The molecule has 11 nitrogen and oxygen atoms in total. The fraction of sp³-hybridized carbons (Fsp3) is 0.414. The Labute approximate surface area is 238 Å². The SMILES string of the molecule is C[C@H]1C(O)O[C@H](CNS(=O)(=O)/C(C#N)=C/c2ccc(-c3ccc4cc(N5CCOCC5)ccc4c3)n2C)[C@@H](O)[C@@H]1O. The molecule has 2 aliphatic heterocycles. The summed E-state index contributed by atoms with van der Waals surface area (Å²) in [4.78, 5) is 1.78. The highest BCUT2D eigenvalue weighted by Gasteiger charge is 2.41. The Morgan fingerprint density at radius 1 is 1.07 bits per heavy atom. The molecule has 0 radical (unpaired) electrons. The Kier molecular flexibility index (Phi) is 8.49. The third kappa shape index (κ3) is 6.02. The van der Waals surface area contributed by atoms with Crippen molar-refractivity contribution < 1.29 is 33.2 Å². The van der Waals surface area contributed by atoms with Crippen LogP contribution in [-0.4, -0.2) is 85.8 Å². The van der Waals surface area contributed by atoms with Gasteiger partial charge in [0.05, 0.1) is 19.3 Å². The number of nitriles is 1. The van der Waals surface area contributed by atoms with Crippen LogP contribution in [0.25, 0.3) is 28.1 Å². The van der Waals surface area contributed by atoms with Crippen LogP contribution in [0.5, 0.6) is 0 Å². The van der Waals surface area contributed by atoms with Gasteiger partial charge in [0.15, 0.2) is 11.2 Å². The molecule has 1 unspecified atom stereocenters. The Hall–Kier alpha value is -3.28. The second kappa shape index (κ2) is 11.9. The van der Waals surface area contributed by atoms with Gasteiger partial charge in [-0.2, -0.15) is 5.26 Å². The average Bonchev–Trinajstić information content (AvgIpc) is 3.35. The van der Waals surface area contributed by atoms with Crippen LogP contribution in [0, 0.1) is 17.2 Å². The van der Waals surface area contributed by atoms with E-state index < -0.39 is 52.0 Å². The van der Waals surface area contributed by atoms with Gasteiger partial charge >= 0.3 is 0 Å². The zero-order chi connectivity index (χ0) is 29.3. The minimum absolute atomic E-state index is 0.438. The number of hydrogen-bond acceptors (Lipinski definition) is 9. The van der Waals surface area contributed by atoms with Crippen molar-refractivity contribution in [2.45, 2.75) is 31.5 Å². The molecule has 1 aromatic heterocycles. The van der Waals surface area contributed by atoms with E-state index in [0.29, 0.717) is 5.69 Å². The fourth-order valence-electron chi connectivity index (χ4n) is 5.20. The molecule has 2 saturated heterocycles. The van der Waals surface area contributed by atoms with Crippen molar-refractivity contribution in [2.75, 3.05) is 37.7 Å². The van der Waals surface area contributed by atoms with E-state index in [1.165, 1.54) is 13.0 Å². The van der Waals surface area contributed by atoms with Crippen molar-refractivity contribution in [3.05, 3.63) is 59.1 Å². The molecule has 0 bridgehead atoms. The lowest BCUT2D eigenvalue weighted by molar-refractivity contribution is -0.257. The molecule has 0 amide bonds. The molecule has 3 aromatic rings. The van der Waals surface area contributed by atoms with Crippen LogP contribution in [0.3, 0.4) is 0 Å². The van der Waals surface area contributed by atoms with E-state index in [1.807, 2.05) is 12.1 Å². The van der Waals surface area contributed by atoms with Gasteiger partial charge in [0.25, 0.3) is 10.0 Å². The Morgan fingerprint density at radius 3 is 2.51 bits per heavy atom. The van der Waals surface area contributed by atoms with E-state index in [9.17, 15) is 29.0 Å². The molecule has 5 rings (SSSR count). The molecule has 3 heterocycles. The minimum atomic E-state index is -4.29. The number of morpholine rings is 1. The van der Waals surface area contributed by atoms with Gasteiger partial charge in [-0.1, -0.05) is 25.1 Å². The van der Waals surface area contributed by atoms with Gasteiger partial charge in [0.1, 0.15) is 18.3 Å². The number of aliphatic hydroxyl groups is 3. The predicted octanol–water partition coefficient (Wildman–Crippen LogP) is 1.54. The lowest BCUT2D eigenvalue weighted by Crippen LogP contribution is -2.56. The number of anilines is 1.